The van der Waals surface area contributed by atoms with Crippen molar-refractivity contribution >= 4 is 38.6 Å². The van der Waals surface area contributed by atoms with E-state index in [9.17, 15) is 14.4 Å². The Hall–Kier alpha value is -2.74. The summed E-state index contributed by atoms with van der Waals surface area (Å²) in [6.07, 6.45) is 1.98. The van der Waals surface area contributed by atoms with Gasteiger partial charge in [0.05, 0.1) is 10.9 Å². The van der Waals surface area contributed by atoms with E-state index in [1.807, 2.05) is 39.0 Å². The monoisotopic (exact) mass is 470 g/mol. The zero-order valence-corrected chi connectivity index (χ0v) is 18.7. The average Bonchev–Trinajstić information content (AvgIpc) is 3.52. The van der Waals surface area contributed by atoms with Crippen LogP contribution in [-0.4, -0.2) is 20.4 Å². The number of fused-ring (bicyclic) bond motifs is 1. The van der Waals surface area contributed by atoms with Crippen LogP contribution in [0.25, 0.3) is 11.0 Å². The predicted molar refractivity (Wildman–Crippen MR) is 120 cm³/mol. The number of H-pyrrole nitrogens is 1. The third kappa shape index (κ3) is 3.96. The summed E-state index contributed by atoms with van der Waals surface area (Å²) in [7, 11) is 0. The molecule has 4 rings (SSSR count). The molecule has 0 saturated heterocycles. The summed E-state index contributed by atoms with van der Waals surface area (Å²) in [6.45, 7) is 6.27. The summed E-state index contributed by atoms with van der Waals surface area (Å²) in [5, 5.41) is 3.05. The number of halogens is 1. The number of anilines is 1. The molecule has 2 heterocycles. The Labute approximate surface area is 181 Å². The number of amides is 1. The molecule has 1 aliphatic rings. The van der Waals surface area contributed by atoms with Gasteiger partial charge in [-0.15, -0.1) is 0 Å². The Morgan fingerprint density at radius 2 is 2.03 bits per heavy atom. The summed E-state index contributed by atoms with van der Waals surface area (Å²) in [4.78, 5) is 45.5. The van der Waals surface area contributed by atoms with Gasteiger partial charge < -0.3 is 5.32 Å². The van der Waals surface area contributed by atoms with E-state index >= 15 is 0 Å². The lowest BCUT2D eigenvalue weighted by Crippen LogP contribution is -2.33. The molecule has 0 aliphatic heterocycles. The van der Waals surface area contributed by atoms with Gasteiger partial charge in [0, 0.05) is 28.3 Å². The lowest BCUT2D eigenvalue weighted by Gasteiger charge is -2.15. The second kappa shape index (κ2) is 7.83. The number of carbonyl (C=O) groups is 1. The van der Waals surface area contributed by atoms with Gasteiger partial charge in [-0.2, -0.15) is 0 Å². The lowest BCUT2D eigenvalue weighted by atomic mass is 10.1. The van der Waals surface area contributed by atoms with Crippen LogP contribution in [-0.2, 0) is 6.54 Å². The van der Waals surface area contributed by atoms with Crippen LogP contribution in [0.5, 0.6) is 0 Å². The van der Waals surface area contributed by atoms with Gasteiger partial charge in [-0.05, 0) is 49.4 Å². The molecule has 0 radical (unpaired) electrons. The minimum atomic E-state index is -0.596. The van der Waals surface area contributed by atoms with E-state index in [-0.39, 0.29) is 28.4 Å². The van der Waals surface area contributed by atoms with Gasteiger partial charge in [0.25, 0.3) is 11.5 Å². The summed E-state index contributed by atoms with van der Waals surface area (Å²) in [6, 6.07) is 7.31. The molecule has 3 aromatic rings. The van der Waals surface area contributed by atoms with Crippen molar-refractivity contribution < 1.29 is 4.79 Å². The Bertz CT molecular complexity index is 1270. The van der Waals surface area contributed by atoms with Crippen LogP contribution >= 0.6 is 15.9 Å². The van der Waals surface area contributed by atoms with E-state index in [0.717, 1.165) is 28.6 Å². The van der Waals surface area contributed by atoms with Crippen LogP contribution in [0.1, 0.15) is 54.2 Å². The van der Waals surface area contributed by atoms with Crippen LogP contribution in [0.4, 0.5) is 5.69 Å². The fourth-order valence-electron chi connectivity index (χ4n) is 3.51. The Balaban J connectivity index is 1.92. The molecule has 0 atom stereocenters. The smallest absolute Gasteiger partial charge is 0.322 e. The van der Waals surface area contributed by atoms with Gasteiger partial charge in [-0.25, -0.2) is 9.78 Å². The number of hydrogen-bond donors (Lipinski definition) is 2. The first-order chi connectivity index (χ1) is 14.2. The fourth-order valence-corrected chi connectivity index (χ4v) is 3.87. The number of nitrogens with one attached hydrogen (secondary N) is 2. The molecule has 8 heteroatoms. The van der Waals surface area contributed by atoms with E-state index in [2.05, 4.69) is 31.2 Å². The van der Waals surface area contributed by atoms with Crippen LogP contribution in [0.15, 0.2) is 38.3 Å². The molecule has 0 spiro atoms. The normalized spacial score (nSPS) is 13.8. The first-order valence-electron chi connectivity index (χ1n) is 10.00. The van der Waals surface area contributed by atoms with E-state index in [4.69, 9.17) is 0 Å². The minimum absolute atomic E-state index is 0.143. The molecule has 1 aromatic carbocycles. The Kier molecular flexibility index (Phi) is 5.36. The van der Waals surface area contributed by atoms with Crippen molar-refractivity contribution in [2.45, 2.75) is 46.1 Å². The minimum Gasteiger partial charge on any atom is -0.322 e. The Morgan fingerprint density at radius 3 is 2.70 bits per heavy atom. The van der Waals surface area contributed by atoms with Crippen LogP contribution in [0, 0.1) is 12.8 Å². The molecular weight excluding hydrogens is 448 g/mol. The second-order valence-electron chi connectivity index (χ2n) is 8.24. The largest absolute Gasteiger partial charge is 0.330 e. The second-order valence-corrected chi connectivity index (χ2v) is 9.16. The summed E-state index contributed by atoms with van der Waals surface area (Å²) < 4.78 is 2.30. The number of nitrogens with zero attached hydrogens (tertiary/aromatic N) is 2. The first kappa shape index (κ1) is 20.5. The van der Waals surface area contributed by atoms with Crippen molar-refractivity contribution in [3.8, 4) is 0 Å². The molecule has 30 heavy (non-hydrogen) atoms. The number of aryl methyl sites for hydroxylation is 1. The molecule has 0 unspecified atom stereocenters. The van der Waals surface area contributed by atoms with Gasteiger partial charge >= 0.3 is 5.69 Å². The van der Waals surface area contributed by atoms with Crippen LogP contribution in [0.3, 0.4) is 0 Å². The molecule has 7 nitrogen and oxygen atoms in total. The van der Waals surface area contributed by atoms with Crippen LogP contribution < -0.4 is 16.6 Å². The highest BCUT2D eigenvalue weighted by atomic mass is 79.9. The maximum absolute atomic E-state index is 13.3. The topological polar surface area (TPSA) is 96.8 Å². The molecule has 0 bridgehead atoms. The lowest BCUT2D eigenvalue weighted by molar-refractivity contribution is 0.102. The highest BCUT2D eigenvalue weighted by Gasteiger charge is 2.29. The van der Waals surface area contributed by atoms with Gasteiger partial charge in [-0.1, -0.05) is 35.8 Å². The van der Waals surface area contributed by atoms with Gasteiger partial charge in [0.1, 0.15) is 0 Å². The van der Waals surface area contributed by atoms with Gasteiger partial charge in [-0.3, -0.25) is 19.1 Å². The van der Waals surface area contributed by atoms with Crippen molar-refractivity contribution in [2.75, 3.05) is 5.32 Å². The molecule has 1 fully saturated rings. The number of aromatic amines is 1. The number of pyridine rings is 1. The molecular formula is C22H23BrN4O3. The van der Waals surface area contributed by atoms with Crippen molar-refractivity contribution in [1.29, 1.82) is 0 Å². The van der Waals surface area contributed by atoms with E-state index in [1.165, 1.54) is 4.57 Å². The van der Waals surface area contributed by atoms with Crippen molar-refractivity contribution in [2.24, 2.45) is 5.92 Å². The number of benzene rings is 1. The third-order valence-corrected chi connectivity index (χ3v) is 5.70. The van der Waals surface area contributed by atoms with Gasteiger partial charge in [0.15, 0.2) is 5.65 Å². The zero-order chi connectivity index (χ0) is 21.6. The standard InChI is InChI=1S/C22H23BrN4O3/c1-11(2)10-27-19-18(21(29)26-22(27)30)15(9-17(24-19)13-5-6-13)20(28)25-16-8-14(23)7-4-12(16)3/h4,7-9,11,13H,5-6,10H2,1-3H3,(H,25,28)(H,26,29,30). The van der Waals surface area contributed by atoms with E-state index in [1.54, 1.807) is 6.07 Å². The Morgan fingerprint density at radius 1 is 1.30 bits per heavy atom. The number of hydrogen-bond acceptors (Lipinski definition) is 4. The molecule has 1 aliphatic carbocycles. The van der Waals surface area contributed by atoms with Crippen molar-refractivity contribution in [1.82, 2.24) is 14.5 Å². The molecule has 2 aromatic heterocycles. The van der Waals surface area contributed by atoms with Crippen molar-refractivity contribution in [3.05, 3.63) is 66.4 Å². The SMILES string of the molecule is Cc1ccc(Br)cc1NC(=O)c1cc(C2CC2)nc2c1c(=O)[nH]c(=O)n2CC(C)C. The molecule has 156 valence electrons. The van der Waals surface area contributed by atoms with E-state index < -0.39 is 17.2 Å². The fraction of sp³-hybridized carbons (Fsp3) is 0.364. The summed E-state index contributed by atoms with van der Waals surface area (Å²) in [5.41, 5.74) is 1.72. The third-order valence-electron chi connectivity index (χ3n) is 5.20. The average molecular weight is 471 g/mol. The maximum atomic E-state index is 13.3. The highest BCUT2D eigenvalue weighted by molar-refractivity contribution is 9.10. The number of aromatic nitrogens is 3. The number of rotatable bonds is 5. The quantitative estimate of drug-likeness (QED) is 0.589. The summed E-state index contributed by atoms with van der Waals surface area (Å²) >= 11 is 3.42. The van der Waals surface area contributed by atoms with Gasteiger partial charge in [0.2, 0.25) is 0 Å². The first-order valence-corrected chi connectivity index (χ1v) is 10.8. The van der Waals surface area contributed by atoms with Crippen molar-refractivity contribution in [3.63, 3.8) is 0 Å². The zero-order valence-electron chi connectivity index (χ0n) is 17.1. The van der Waals surface area contributed by atoms with E-state index in [0.29, 0.717) is 12.2 Å². The molecule has 1 saturated carbocycles. The molecule has 2 N–H and O–H groups in total. The van der Waals surface area contributed by atoms with Crippen LogP contribution in [0.2, 0.25) is 0 Å². The predicted octanol–water partition coefficient (Wildman–Crippen LogP) is 3.94. The maximum Gasteiger partial charge on any atom is 0.330 e. The molecule has 1 amide bonds. The highest BCUT2D eigenvalue weighted by Crippen LogP contribution is 2.40. The summed E-state index contributed by atoms with van der Waals surface area (Å²) in [5.74, 6) is 0.0333. The number of carbonyl (C=O) groups excluding carboxylic acids is 1.